The molecule has 0 aromatic heterocycles. The van der Waals surface area contributed by atoms with E-state index in [1.54, 1.807) is 0 Å². The molecule has 1 aliphatic rings. The smallest absolute Gasteiger partial charge is 0.131 e. The van der Waals surface area contributed by atoms with Gasteiger partial charge in [-0.2, -0.15) is 0 Å². The van der Waals surface area contributed by atoms with Crippen molar-refractivity contribution in [3.63, 3.8) is 0 Å². The molecule has 0 aromatic carbocycles. The predicted octanol–water partition coefficient (Wildman–Crippen LogP) is 5.23. The normalized spacial score (nSPS) is 13.1. The van der Waals surface area contributed by atoms with Gasteiger partial charge in [-0.1, -0.05) is 34.6 Å². The van der Waals surface area contributed by atoms with E-state index >= 15 is 0 Å². The largest absolute Gasteiger partial charge is 0.331 e. The topological polar surface area (TPSA) is 15.6 Å². The summed E-state index contributed by atoms with van der Waals surface area (Å²) in [6.45, 7) is 19.0. The lowest BCUT2D eigenvalue weighted by Gasteiger charge is -2.27. The second-order valence-corrected chi connectivity index (χ2v) is 5.18. The minimum absolute atomic E-state index is 0.476. The molecule has 1 rings (SSSR count). The molecule has 0 unspecified atom stereocenters. The Hall–Kier alpha value is -1.05. The molecule has 0 aliphatic carbocycles. The number of rotatable bonds is 1. The molecule has 0 amide bonds. The molecule has 0 saturated carbocycles. The zero-order valence-corrected chi connectivity index (χ0v) is 13.8. The van der Waals surface area contributed by atoms with E-state index in [9.17, 15) is 0 Å². The van der Waals surface area contributed by atoms with Crippen LogP contribution in [0.3, 0.4) is 0 Å². The Bertz CT molecular complexity index is 277. The van der Waals surface area contributed by atoms with Crippen LogP contribution in [0.25, 0.3) is 0 Å². The molecular weight excluding hydrogens is 220 g/mol. The van der Waals surface area contributed by atoms with Gasteiger partial charge < -0.3 is 4.90 Å². The minimum atomic E-state index is 0.476. The molecule has 0 spiro atoms. The summed E-state index contributed by atoms with van der Waals surface area (Å²) in [5.41, 5.74) is 1.25. The average molecular weight is 252 g/mol. The van der Waals surface area contributed by atoms with Crippen LogP contribution >= 0.6 is 0 Å². The van der Waals surface area contributed by atoms with Crippen LogP contribution in [0.5, 0.6) is 0 Å². The number of hydrogen-bond acceptors (Lipinski definition) is 2. The van der Waals surface area contributed by atoms with E-state index in [0.29, 0.717) is 6.04 Å². The first kappa shape index (κ1) is 19.3. The van der Waals surface area contributed by atoms with Crippen LogP contribution < -0.4 is 0 Å². The molecule has 0 radical (unpaired) electrons. The summed E-state index contributed by atoms with van der Waals surface area (Å²) < 4.78 is 0. The van der Waals surface area contributed by atoms with Crippen molar-refractivity contribution in [3.05, 3.63) is 23.7 Å². The number of nitrogens with zero attached hydrogens (tertiary/aromatic N) is 2. The van der Waals surface area contributed by atoms with E-state index < -0.39 is 0 Å². The summed E-state index contributed by atoms with van der Waals surface area (Å²) in [6.07, 6.45) is 5.87. The van der Waals surface area contributed by atoms with E-state index in [1.807, 2.05) is 26.1 Å². The molecule has 0 aromatic rings. The SMILES string of the molecule is CC.CC(C)=C1N=CC=CN1C(C)C.CC(C)C. The summed E-state index contributed by atoms with van der Waals surface area (Å²) in [5, 5.41) is 0. The second-order valence-electron chi connectivity index (χ2n) is 5.18. The molecule has 2 nitrogen and oxygen atoms in total. The van der Waals surface area contributed by atoms with Crippen LogP contribution in [0.4, 0.5) is 0 Å². The molecule has 106 valence electrons. The van der Waals surface area contributed by atoms with E-state index in [0.717, 1.165) is 11.7 Å². The maximum Gasteiger partial charge on any atom is 0.131 e. The highest BCUT2D eigenvalue weighted by Gasteiger charge is 2.12. The molecule has 0 saturated heterocycles. The van der Waals surface area contributed by atoms with Crippen LogP contribution in [0.15, 0.2) is 28.7 Å². The van der Waals surface area contributed by atoms with Crippen molar-refractivity contribution in [3.8, 4) is 0 Å². The van der Waals surface area contributed by atoms with Gasteiger partial charge in [0.25, 0.3) is 0 Å². The molecule has 0 N–H and O–H groups in total. The summed E-state index contributed by atoms with van der Waals surface area (Å²) in [6, 6.07) is 0.476. The van der Waals surface area contributed by atoms with Gasteiger partial charge in [0.1, 0.15) is 5.82 Å². The molecule has 0 atom stereocenters. The average Bonchev–Trinajstić information content (AvgIpc) is 2.30. The highest BCUT2D eigenvalue weighted by molar-refractivity contribution is 5.73. The Labute approximate surface area is 114 Å². The lowest BCUT2D eigenvalue weighted by atomic mass is 10.2. The summed E-state index contributed by atoms with van der Waals surface area (Å²) in [7, 11) is 0. The van der Waals surface area contributed by atoms with Crippen molar-refractivity contribution in [1.29, 1.82) is 0 Å². The number of allylic oxidation sites excluding steroid dienone is 2. The van der Waals surface area contributed by atoms with Crippen LogP contribution in [0, 0.1) is 5.92 Å². The van der Waals surface area contributed by atoms with E-state index in [-0.39, 0.29) is 0 Å². The van der Waals surface area contributed by atoms with Gasteiger partial charge in [0.15, 0.2) is 0 Å². The standard InChI is InChI=1S/C10H16N2.C4H10.C2H6/c1-8(2)10-11-6-5-7-12(10)9(3)4;1-4(2)3;1-2/h5-7,9H,1-4H3;4H,1-3H3;1-2H3. The van der Waals surface area contributed by atoms with E-state index in [4.69, 9.17) is 0 Å². The van der Waals surface area contributed by atoms with Crippen molar-refractivity contribution >= 4 is 6.21 Å². The molecule has 1 heterocycles. The molecule has 2 heteroatoms. The van der Waals surface area contributed by atoms with Gasteiger partial charge in [-0.25, -0.2) is 4.99 Å². The second kappa shape index (κ2) is 11.1. The first-order valence-electron chi connectivity index (χ1n) is 7.03. The molecule has 18 heavy (non-hydrogen) atoms. The quantitative estimate of drug-likeness (QED) is 0.623. The van der Waals surface area contributed by atoms with Gasteiger partial charge in [-0.05, 0) is 45.3 Å². The van der Waals surface area contributed by atoms with Gasteiger partial charge in [0, 0.05) is 18.5 Å². The Balaban J connectivity index is 0. The summed E-state index contributed by atoms with van der Waals surface area (Å²) in [4.78, 5) is 6.50. The van der Waals surface area contributed by atoms with E-state index in [1.165, 1.54) is 5.57 Å². The fourth-order valence-corrected chi connectivity index (χ4v) is 1.19. The summed E-state index contributed by atoms with van der Waals surface area (Å²) in [5.74, 6) is 1.91. The van der Waals surface area contributed by atoms with Crippen molar-refractivity contribution in [2.45, 2.75) is 68.4 Å². The number of aliphatic imine (C=N–C) groups is 1. The molecule has 0 bridgehead atoms. The molecule has 1 aliphatic heterocycles. The first-order chi connectivity index (χ1) is 8.36. The van der Waals surface area contributed by atoms with Crippen LogP contribution in [0.1, 0.15) is 62.3 Å². The summed E-state index contributed by atoms with van der Waals surface area (Å²) >= 11 is 0. The number of hydrogen-bond donors (Lipinski definition) is 0. The van der Waals surface area contributed by atoms with Crippen LogP contribution in [-0.2, 0) is 0 Å². The van der Waals surface area contributed by atoms with Gasteiger partial charge in [0.05, 0.1) is 0 Å². The third-order valence-corrected chi connectivity index (χ3v) is 1.78. The van der Waals surface area contributed by atoms with Crippen molar-refractivity contribution in [2.75, 3.05) is 0 Å². The van der Waals surface area contributed by atoms with Crippen molar-refractivity contribution in [2.24, 2.45) is 10.9 Å². The predicted molar refractivity (Wildman–Crippen MR) is 84.8 cm³/mol. The first-order valence-corrected chi connectivity index (χ1v) is 7.03. The third-order valence-electron chi connectivity index (χ3n) is 1.78. The minimum Gasteiger partial charge on any atom is -0.331 e. The highest BCUT2D eigenvalue weighted by atomic mass is 15.2. The Morgan fingerprint density at radius 3 is 1.78 bits per heavy atom. The maximum absolute atomic E-state index is 4.33. The zero-order valence-electron chi connectivity index (χ0n) is 13.8. The van der Waals surface area contributed by atoms with E-state index in [2.05, 4.69) is 64.6 Å². The van der Waals surface area contributed by atoms with Gasteiger partial charge in [-0.3, -0.25) is 0 Å². The van der Waals surface area contributed by atoms with Crippen molar-refractivity contribution < 1.29 is 0 Å². The van der Waals surface area contributed by atoms with Crippen LogP contribution in [-0.4, -0.2) is 17.2 Å². The Morgan fingerprint density at radius 1 is 1.06 bits per heavy atom. The fraction of sp³-hybridized carbons (Fsp3) is 0.688. The zero-order chi connectivity index (χ0) is 14.7. The van der Waals surface area contributed by atoms with Gasteiger partial charge in [0.2, 0.25) is 0 Å². The monoisotopic (exact) mass is 252 g/mol. The molecule has 0 fully saturated rings. The third kappa shape index (κ3) is 9.03. The Morgan fingerprint density at radius 2 is 1.50 bits per heavy atom. The lowest BCUT2D eigenvalue weighted by Crippen LogP contribution is -2.26. The van der Waals surface area contributed by atoms with Crippen molar-refractivity contribution in [1.82, 2.24) is 4.90 Å². The highest BCUT2D eigenvalue weighted by Crippen LogP contribution is 2.17. The maximum atomic E-state index is 4.33. The Kier molecular flexibility index (Phi) is 11.9. The van der Waals surface area contributed by atoms with Gasteiger partial charge >= 0.3 is 0 Å². The van der Waals surface area contributed by atoms with Crippen LogP contribution in [0.2, 0.25) is 0 Å². The lowest BCUT2D eigenvalue weighted by molar-refractivity contribution is 0.375. The molecular formula is C16H32N2. The fourth-order valence-electron chi connectivity index (χ4n) is 1.19. The van der Waals surface area contributed by atoms with Gasteiger partial charge in [-0.15, -0.1) is 0 Å².